The first-order valence-corrected chi connectivity index (χ1v) is 3.24. The predicted molar refractivity (Wildman–Crippen MR) is 37.7 cm³/mol. The smallest absolute Gasteiger partial charge is 0.235 e. The second-order valence-electron chi connectivity index (χ2n) is 2.32. The van der Waals surface area contributed by atoms with Crippen molar-refractivity contribution in [3.05, 3.63) is 30.0 Å². The van der Waals surface area contributed by atoms with Gasteiger partial charge < -0.3 is 0 Å². The van der Waals surface area contributed by atoms with Gasteiger partial charge in [-0.3, -0.25) is 0 Å². The number of nitrogens with zero attached hydrogens (tertiary/aromatic N) is 3. The van der Waals surface area contributed by atoms with E-state index in [4.69, 9.17) is 0 Å². The molecular weight excluding hydrogens is 145 g/mol. The van der Waals surface area contributed by atoms with Crippen LogP contribution in [-0.2, 0) is 0 Å². The molecule has 0 aliphatic heterocycles. The van der Waals surface area contributed by atoms with E-state index in [1.807, 2.05) is 6.92 Å². The lowest BCUT2D eigenvalue weighted by Crippen LogP contribution is -1.93. The Hall–Kier alpha value is -1.45. The van der Waals surface area contributed by atoms with Crippen LogP contribution in [0.5, 0.6) is 0 Å². The highest BCUT2D eigenvalue weighted by molar-refractivity contribution is 5.36. The molecule has 0 bridgehead atoms. The lowest BCUT2D eigenvalue weighted by Gasteiger charge is -1.93. The fourth-order valence-corrected chi connectivity index (χ4v) is 0.987. The number of aryl methyl sites for hydroxylation is 1. The Morgan fingerprint density at radius 1 is 1.55 bits per heavy atom. The van der Waals surface area contributed by atoms with Crippen LogP contribution in [0.2, 0.25) is 0 Å². The van der Waals surface area contributed by atoms with Crippen LogP contribution in [0, 0.1) is 12.9 Å². The molecule has 2 aromatic heterocycles. The lowest BCUT2D eigenvalue weighted by atomic mass is 10.4. The van der Waals surface area contributed by atoms with Gasteiger partial charge in [0.25, 0.3) is 0 Å². The SMILES string of the molecule is Cc1ccnc2cc(F)nn12. The predicted octanol–water partition coefficient (Wildman–Crippen LogP) is 1.18. The molecule has 0 aliphatic carbocycles. The number of fused-ring (bicyclic) bond motifs is 1. The van der Waals surface area contributed by atoms with E-state index in [-0.39, 0.29) is 0 Å². The Kier molecular flexibility index (Phi) is 1.15. The summed E-state index contributed by atoms with van der Waals surface area (Å²) in [6.45, 7) is 1.85. The number of rotatable bonds is 0. The topological polar surface area (TPSA) is 30.2 Å². The summed E-state index contributed by atoms with van der Waals surface area (Å²) in [5.74, 6) is -0.494. The molecule has 3 nitrogen and oxygen atoms in total. The molecule has 0 saturated carbocycles. The third kappa shape index (κ3) is 0.869. The Balaban J connectivity index is 2.90. The zero-order valence-electron chi connectivity index (χ0n) is 5.95. The highest BCUT2D eigenvalue weighted by atomic mass is 19.1. The largest absolute Gasteiger partial charge is 0.237 e. The van der Waals surface area contributed by atoms with Crippen LogP contribution >= 0.6 is 0 Å². The van der Waals surface area contributed by atoms with Crippen LogP contribution in [0.3, 0.4) is 0 Å². The molecule has 0 saturated heterocycles. The molecule has 11 heavy (non-hydrogen) atoms. The van der Waals surface area contributed by atoms with Gasteiger partial charge >= 0.3 is 0 Å². The Bertz CT molecular complexity index is 393. The van der Waals surface area contributed by atoms with Gasteiger partial charge in [-0.05, 0) is 13.0 Å². The second kappa shape index (κ2) is 2.02. The molecule has 0 radical (unpaired) electrons. The average molecular weight is 151 g/mol. The van der Waals surface area contributed by atoms with Gasteiger partial charge in [0.1, 0.15) is 0 Å². The maximum absolute atomic E-state index is 12.5. The van der Waals surface area contributed by atoms with Gasteiger partial charge in [-0.25, -0.2) is 9.50 Å². The summed E-state index contributed by atoms with van der Waals surface area (Å²) in [6.07, 6.45) is 1.63. The molecule has 2 heterocycles. The first-order chi connectivity index (χ1) is 5.27. The lowest BCUT2D eigenvalue weighted by molar-refractivity contribution is 0.569. The van der Waals surface area contributed by atoms with E-state index >= 15 is 0 Å². The highest BCUT2D eigenvalue weighted by Gasteiger charge is 2.01. The van der Waals surface area contributed by atoms with Crippen molar-refractivity contribution >= 4 is 5.65 Å². The van der Waals surface area contributed by atoms with Gasteiger partial charge in [-0.15, -0.1) is 5.10 Å². The fraction of sp³-hybridized carbons (Fsp3) is 0.143. The van der Waals surface area contributed by atoms with Gasteiger partial charge in [-0.2, -0.15) is 4.39 Å². The summed E-state index contributed by atoms with van der Waals surface area (Å²) < 4.78 is 14.0. The summed E-state index contributed by atoms with van der Waals surface area (Å²) in [4.78, 5) is 3.92. The van der Waals surface area contributed by atoms with Crippen LogP contribution in [-0.4, -0.2) is 14.6 Å². The van der Waals surface area contributed by atoms with Gasteiger partial charge in [0.15, 0.2) is 5.65 Å². The van der Waals surface area contributed by atoms with Crippen molar-refractivity contribution in [2.45, 2.75) is 6.92 Å². The van der Waals surface area contributed by atoms with E-state index in [1.54, 1.807) is 12.3 Å². The van der Waals surface area contributed by atoms with Crippen molar-refractivity contribution in [3.8, 4) is 0 Å². The van der Waals surface area contributed by atoms with Gasteiger partial charge in [-0.1, -0.05) is 0 Å². The van der Waals surface area contributed by atoms with E-state index in [9.17, 15) is 4.39 Å². The highest BCUT2D eigenvalue weighted by Crippen LogP contribution is 2.03. The number of hydrogen-bond donors (Lipinski definition) is 0. The van der Waals surface area contributed by atoms with Gasteiger partial charge in [0, 0.05) is 18.0 Å². The Labute approximate surface area is 62.5 Å². The van der Waals surface area contributed by atoms with E-state index in [2.05, 4.69) is 10.1 Å². The zero-order chi connectivity index (χ0) is 7.84. The molecule has 0 fully saturated rings. The number of halogens is 1. The first kappa shape index (κ1) is 6.27. The molecule has 2 rings (SSSR count). The number of aromatic nitrogens is 3. The Morgan fingerprint density at radius 2 is 2.36 bits per heavy atom. The minimum atomic E-state index is -0.494. The molecule has 4 heteroatoms. The Morgan fingerprint density at radius 3 is 3.09 bits per heavy atom. The molecule has 0 amide bonds. The third-order valence-electron chi connectivity index (χ3n) is 1.52. The van der Waals surface area contributed by atoms with E-state index in [0.29, 0.717) is 5.65 Å². The van der Waals surface area contributed by atoms with Crippen molar-refractivity contribution in [2.75, 3.05) is 0 Å². The molecule has 0 aromatic carbocycles. The van der Waals surface area contributed by atoms with Crippen LogP contribution in [0.25, 0.3) is 5.65 Å². The summed E-state index contributed by atoms with van der Waals surface area (Å²) in [7, 11) is 0. The van der Waals surface area contributed by atoms with Crippen molar-refractivity contribution in [3.63, 3.8) is 0 Å². The quantitative estimate of drug-likeness (QED) is 0.565. The van der Waals surface area contributed by atoms with E-state index < -0.39 is 5.95 Å². The first-order valence-electron chi connectivity index (χ1n) is 3.24. The second-order valence-corrected chi connectivity index (χ2v) is 2.32. The van der Waals surface area contributed by atoms with Crippen molar-refractivity contribution in [1.82, 2.24) is 14.6 Å². The van der Waals surface area contributed by atoms with Crippen LogP contribution in [0.1, 0.15) is 5.69 Å². The van der Waals surface area contributed by atoms with Crippen molar-refractivity contribution in [2.24, 2.45) is 0 Å². The van der Waals surface area contributed by atoms with Gasteiger partial charge in [0.05, 0.1) is 0 Å². The minimum absolute atomic E-state index is 0.494. The fourth-order valence-electron chi connectivity index (χ4n) is 0.987. The van der Waals surface area contributed by atoms with Crippen LogP contribution < -0.4 is 0 Å². The summed E-state index contributed by atoms with van der Waals surface area (Å²) in [6, 6.07) is 3.08. The van der Waals surface area contributed by atoms with E-state index in [1.165, 1.54) is 10.6 Å². The third-order valence-corrected chi connectivity index (χ3v) is 1.52. The molecule has 0 atom stereocenters. The molecule has 0 unspecified atom stereocenters. The average Bonchev–Trinajstić information content (AvgIpc) is 2.31. The van der Waals surface area contributed by atoms with Crippen LogP contribution in [0.15, 0.2) is 18.3 Å². The molecular formula is C7H6FN3. The monoisotopic (exact) mass is 151 g/mol. The molecule has 0 aliphatic rings. The molecule has 2 aromatic rings. The maximum Gasteiger partial charge on any atom is 0.235 e. The maximum atomic E-state index is 12.5. The summed E-state index contributed by atoms with van der Waals surface area (Å²) >= 11 is 0. The normalized spacial score (nSPS) is 10.7. The molecule has 0 spiro atoms. The van der Waals surface area contributed by atoms with Gasteiger partial charge in [0.2, 0.25) is 5.95 Å². The standard InChI is InChI=1S/C7H6FN3/c1-5-2-3-9-7-4-6(8)10-11(5)7/h2-4H,1H3. The van der Waals surface area contributed by atoms with Crippen LogP contribution in [0.4, 0.5) is 4.39 Å². The summed E-state index contributed by atoms with van der Waals surface area (Å²) in [5.41, 5.74) is 1.42. The van der Waals surface area contributed by atoms with E-state index in [0.717, 1.165) is 5.69 Å². The number of hydrogen-bond acceptors (Lipinski definition) is 2. The molecule has 0 N–H and O–H groups in total. The minimum Gasteiger partial charge on any atom is -0.237 e. The molecule has 56 valence electrons. The zero-order valence-corrected chi connectivity index (χ0v) is 5.95. The summed E-state index contributed by atoms with van der Waals surface area (Å²) in [5, 5.41) is 3.60. The van der Waals surface area contributed by atoms with Crippen molar-refractivity contribution in [1.29, 1.82) is 0 Å². The van der Waals surface area contributed by atoms with Crippen molar-refractivity contribution < 1.29 is 4.39 Å².